The van der Waals surface area contributed by atoms with Crippen LogP contribution in [0.5, 0.6) is 0 Å². The molecule has 1 aromatic heterocycles. The number of benzene rings is 3. The minimum absolute atomic E-state index is 0.0633. The van der Waals surface area contributed by atoms with Gasteiger partial charge in [0.25, 0.3) is 0 Å². The Morgan fingerprint density at radius 1 is 0.756 bits per heavy atom. The van der Waals surface area contributed by atoms with E-state index in [1.54, 1.807) is 11.2 Å². The molecule has 7 heteroatoms. The van der Waals surface area contributed by atoms with E-state index in [1.807, 2.05) is 29.2 Å². The summed E-state index contributed by atoms with van der Waals surface area (Å²) in [6, 6.07) is 30.9. The van der Waals surface area contributed by atoms with Crippen LogP contribution in [0.4, 0.5) is 10.5 Å². The van der Waals surface area contributed by atoms with Gasteiger partial charge in [-0.25, -0.2) is 4.79 Å². The molecule has 1 N–H and O–H groups in total. The Morgan fingerprint density at radius 3 is 1.84 bits per heavy atom. The second kappa shape index (κ2) is 15.1. The standard InChI is InChI=1S/C38H46N4O3/c1-28(2)33-18-11-19-34(29(3)4)36(33)39-38(44)42(27-32-17-12-26-45-32)21-20-35(43)40-22-24-41(25-23-40)37(30-13-7-5-8-14-30)31-15-9-6-10-16-31/h5-19,26,28-29,37H,20-25,27H2,1-4H3,(H,39,44). The van der Waals surface area contributed by atoms with Crippen LogP contribution < -0.4 is 5.32 Å². The van der Waals surface area contributed by atoms with Gasteiger partial charge in [0, 0.05) is 44.8 Å². The first-order valence-corrected chi connectivity index (χ1v) is 16.1. The van der Waals surface area contributed by atoms with Gasteiger partial charge in [0.2, 0.25) is 5.91 Å². The van der Waals surface area contributed by atoms with Crippen LogP contribution in [-0.4, -0.2) is 59.4 Å². The molecule has 0 atom stereocenters. The number of urea groups is 1. The van der Waals surface area contributed by atoms with Crippen LogP contribution in [0, 0.1) is 0 Å². The Morgan fingerprint density at radius 2 is 1.33 bits per heavy atom. The molecule has 7 nitrogen and oxygen atoms in total. The van der Waals surface area contributed by atoms with Crippen molar-refractivity contribution >= 4 is 17.6 Å². The lowest BCUT2D eigenvalue weighted by Gasteiger charge is -2.40. The van der Waals surface area contributed by atoms with Crippen LogP contribution in [0.3, 0.4) is 0 Å². The highest BCUT2D eigenvalue weighted by Gasteiger charge is 2.29. The van der Waals surface area contributed by atoms with Crippen LogP contribution in [0.2, 0.25) is 0 Å². The molecule has 45 heavy (non-hydrogen) atoms. The zero-order valence-electron chi connectivity index (χ0n) is 27.0. The maximum atomic E-state index is 13.8. The molecule has 3 aromatic carbocycles. The Balaban J connectivity index is 1.25. The van der Waals surface area contributed by atoms with Crippen molar-refractivity contribution in [1.29, 1.82) is 0 Å². The molecule has 5 rings (SSSR count). The summed E-state index contributed by atoms with van der Waals surface area (Å²) in [5.74, 6) is 1.25. The van der Waals surface area contributed by atoms with Crippen LogP contribution in [0.15, 0.2) is 102 Å². The molecular formula is C38H46N4O3. The van der Waals surface area contributed by atoms with Gasteiger partial charge in [0.1, 0.15) is 5.76 Å². The minimum Gasteiger partial charge on any atom is -0.467 e. The van der Waals surface area contributed by atoms with Crippen molar-refractivity contribution in [1.82, 2.24) is 14.7 Å². The molecule has 1 aliphatic rings. The van der Waals surface area contributed by atoms with Gasteiger partial charge in [-0.05, 0) is 46.2 Å². The third kappa shape index (κ3) is 8.03. The fourth-order valence-electron chi connectivity index (χ4n) is 6.23. The van der Waals surface area contributed by atoms with Gasteiger partial charge < -0.3 is 19.5 Å². The average molecular weight is 607 g/mol. The normalized spacial score (nSPS) is 13.9. The summed E-state index contributed by atoms with van der Waals surface area (Å²) in [7, 11) is 0. The summed E-state index contributed by atoms with van der Waals surface area (Å²) in [6.45, 7) is 12.0. The molecule has 0 aliphatic carbocycles. The number of anilines is 1. The summed E-state index contributed by atoms with van der Waals surface area (Å²) in [4.78, 5) is 33.4. The molecule has 0 unspecified atom stereocenters. The predicted molar refractivity (Wildman–Crippen MR) is 180 cm³/mol. The van der Waals surface area contributed by atoms with Crippen LogP contribution in [0.25, 0.3) is 0 Å². The first-order chi connectivity index (χ1) is 21.8. The van der Waals surface area contributed by atoms with E-state index in [0.717, 1.165) is 29.9 Å². The Bertz CT molecular complexity index is 1450. The number of para-hydroxylation sites is 1. The van der Waals surface area contributed by atoms with Crippen molar-refractivity contribution in [3.05, 3.63) is 125 Å². The molecule has 0 spiro atoms. The second-order valence-electron chi connectivity index (χ2n) is 12.4. The van der Waals surface area contributed by atoms with Crippen molar-refractivity contribution in [3.8, 4) is 0 Å². The highest BCUT2D eigenvalue weighted by molar-refractivity contribution is 5.91. The van der Waals surface area contributed by atoms with Gasteiger partial charge in [-0.1, -0.05) is 107 Å². The number of furan rings is 1. The van der Waals surface area contributed by atoms with Crippen LogP contribution >= 0.6 is 0 Å². The molecule has 2 heterocycles. The maximum absolute atomic E-state index is 13.8. The molecule has 4 aromatic rings. The molecule has 1 fully saturated rings. The number of hydrogen-bond acceptors (Lipinski definition) is 4. The Labute approximate surface area is 267 Å². The number of nitrogens with one attached hydrogen (secondary N) is 1. The number of nitrogens with zero attached hydrogens (tertiary/aromatic N) is 3. The van der Waals surface area contributed by atoms with Gasteiger partial charge in [0.05, 0.1) is 18.8 Å². The topological polar surface area (TPSA) is 69.0 Å². The lowest BCUT2D eigenvalue weighted by Crippen LogP contribution is -2.50. The van der Waals surface area contributed by atoms with Gasteiger partial charge >= 0.3 is 6.03 Å². The zero-order valence-corrected chi connectivity index (χ0v) is 27.0. The zero-order chi connectivity index (χ0) is 31.8. The monoisotopic (exact) mass is 606 g/mol. The molecule has 236 valence electrons. The highest BCUT2D eigenvalue weighted by Crippen LogP contribution is 2.33. The van der Waals surface area contributed by atoms with E-state index in [1.165, 1.54) is 11.1 Å². The van der Waals surface area contributed by atoms with E-state index in [0.29, 0.717) is 25.4 Å². The lowest BCUT2D eigenvalue weighted by atomic mass is 9.93. The number of carbonyl (C=O) groups is 2. The smallest absolute Gasteiger partial charge is 0.322 e. The summed E-state index contributed by atoms with van der Waals surface area (Å²) in [6.07, 6.45) is 1.86. The molecular weight excluding hydrogens is 560 g/mol. The molecule has 0 radical (unpaired) electrons. The van der Waals surface area contributed by atoms with Gasteiger partial charge in [-0.15, -0.1) is 0 Å². The fraction of sp³-hybridized carbons (Fsp3) is 0.368. The first kappa shape index (κ1) is 32.0. The molecule has 1 saturated heterocycles. The van der Waals surface area contributed by atoms with Gasteiger partial charge in [0.15, 0.2) is 0 Å². The summed E-state index contributed by atoms with van der Waals surface area (Å²) >= 11 is 0. The Hall–Kier alpha value is -4.36. The van der Waals surface area contributed by atoms with Crippen molar-refractivity contribution in [2.24, 2.45) is 0 Å². The van der Waals surface area contributed by atoms with E-state index in [9.17, 15) is 9.59 Å². The van der Waals surface area contributed by atoms with Crippen molar-refractivity contribution < 1.29 is 14.0 Å². The van der Waals surface area contributed by atoms with Gasteiger partial charge in [-0.3, -0.25) is 9.69 Å². The van der Waals surface area contributed by atoms with E-state index >= 15 is 0 Å². The maximum Gasteiger partial charge on any atom is 0.322 e. The van der Waals surface area contributed by atoms with E-state index in [2.05, 4.69) is 105 Å². The van der Waals surface area contributed by atoms with Crippen molar-refractivity contribution in [2.75, 3.05) is 38.0 Å². The minimum atomic E-state index is -0.229. The number of hydrogen-bond donors (Lipinski definition) is 1. The predicted octanol–water partition coefficient (Wildman–Crippen LogP) is 7.88. The number of piperazine rings is 1. The third-order valence-electron chi connectivity index (χ3n) is 8.68. The third-order valence-corrected chi connectivity index (χ3v) is 8.68. The lowest BCUT2D eigenvalue weighted by molar-refractivity contribution is -0.133. The van der Waals surface area contributed by atoms with E-state index in [-0.39, 0.29) is 42.8 Å². The second-order valence-corrected chi connectivity index (χ2v) is 12.4. The van der Waals surface area contributed by atoms with E-state index in [4.69, 9.17) is 4.42 Å². The number of carbonyl (C=O) groups excluding carboxylic acids is 2. The SMILES string of the molecule is CC(C)c1cccc(C(C)C)c1NC(=O)N(CCC(=O)N1CCN(C(c2ccccc2)c2ccccc2)CC1)Cc1ccco1. The van der Waals surface area contributed by atoms with Crippen LogP contribution in [0.1, 0.15) is 80.0 Å². The van der Waals surface area contributed by atoms with E-state index < -0.39 is 0 Å². The quantitative estimate of drug-likeness (QED) is 0.189. The molecule has 0 saturated carbocycles. The van der Waals surface area contributed by atoms with Gasteiger partial charge in [-0.2, -0.15) is 0 Å². The number of amides is 3. The van der Waals surface area contributed by atoms with Crippen molar-refractivity contribution in [2.45, 2.75) is 58.5 Å². The first-order valence-electron chi connectivity index (χ1n) is 16.1. The summed E-state index contributed by atoms with van der Waals surface area (Å²) in [5, 5.41) is 3.22. The van der Waals surface area contributed by atoms with Crippen LogP contribution in [-0.2, 0) is 11.3 Å². The van der Waals surface area contributed by atoms with Crippen molar-refractivity contribution in [3.63, 3.8) is 0 Å². The number of rotatable bonds is 11. The molecule has 1 aliphatic heterocycles. The highest BCUT2D eigenvalue weighted by atomic mass is 16.3. The average Bonchev–Trinajstić information content (AvgIpc) is 3.57. The summed E-state index contributed by atoms with van der Waals surface area (Å²) < 4.78 is 5.60. The molecule has 3 amide bonds. The Kier molecular flexibility index (Phi) is 10.7. The molecule has 0 bridgehead atoms. The largest absolute Gasteiger partial charge is 0.467 e. The fourth-order valence-corrected chi connectivity index (χ4v) is 6.23. The summed E-state index contributed by atoms with van der Waals surface area (Å²) in [5.41, 5.74) is 5.58.